The number of fused-ring (bicyclic) bond motifs is 1. The first-order chi connectivity index (χ1) is 7.65. The summed E-state index contributed by atoms with van der Waals surface area (Å²) < 4.78 is 10.8. The average molecular weight is 220 g/mol. The van der Waals surface area contributed by atoms with Gasteiger partial charge in [0.05, 0.1) is 5.41 Å². The van der Waals surface area contributed by atoms with E-state index in [1.165, 1.54) is 0 Å². The summed E-state index contributed by atoms with van der Waals surface area (Å²) in [5.41, 5.74) is 1.02. The lowest BCUT2D eigenvalue weighted by Crippen LogP contribution is -2.20. The van der Waals surface area contributed by atoms with E-state index >= 15 is 0 Å². The van der Waals surface area contributed by atoms with Crippen LogP contribution in [0.25, 0.3) is 0 Å². The van der Waals surface area contributed by atoms with Crippen molar-refractivity contribution in [2.75, 3.05) is 6.79 Å². The third kappa shape index (κ3) is 1.07. The highest BCUT2D eigenvalue weighted by atomic mass is 16.7. The first-order valence-corrected chi connectivity index (χ1v) is 5.28. The molecule has 0 saturated heterocycles. The number of hydrogen-bond donors (Lipinski definition) is 1. The van der Waals surface area contributed by atoms with Crippen molar-refractivity contribution in [3.63, 3.8) is 0 Å². The molecule has 1 aliphatic carbocycles. The van der Waals surface area contributed by atoms with Gasteiger partial charge < -0.3 is 14.6 Å². The fourth-order valence-corrected chi connectivity index (χ4v) is 2.23. The summed E-state index contributed by atoms with van der Waals surface area (Å²) in [7, 11) is 0. The van der Waals surface area contributed by atoms with Gasteiger partial charge in [-0.25, -0.2) is 0 Å². The molecule has 1 heterocycles. The fraction of sp³-hybridized carbons (Fsp3) is 0.417. The van der Waals surface area contributed by atoms with E-state index in [9.17, 15) is 9.90 Å². The Morgan fingerprint density at radius 1 is 1.31 bits per heavy atom. The van der Waals surface area contributed by atoms with Crippen LogP contribution >= 0.6 is 0 Å². The lowest BCUT2D eigenvalue weighted by molar-refractivity contribution is -0.140. The Hall–Kier alpha value is -1.71. The van der Waals surface area contributed by atoms with Crippen LogP contribution in [0.1, 0.15) is 24.0 Å². The van der Waals surface area contributed by atoms with Gasteiger partial charge in [0, 0.05) is 5.56 Å². The predicted octanol–water partition coefficient (Wildman–Crippen LogP) is 1.84. The normalized spacial score (nSPS) is 19.6. The summed E-state index contributed by atoms with van der Waals surface area (Å²) >= 11 is 0. The molecule has 0 aromatic heterocycles. The number of hydrogen-bond acceptors (Lipinski definition) is 3. The molecule has 1 aliphatic heterocycles. The number of benzene rings is 1. The molecule has 0 spiro atoms. The third-order valence-corrected chi connectivity index (χ3v) is 3.39. The van der Waals surface area contributed by atoms with Crippen LogP contribution in [0.15, 0.2) is 12.1 Å². The van der Waals surface area contributed by atoms with Crippen molar-refractivity contribution in [3.8, 4) is 11.5 Å². The summed E-state index contributed by atoms with van der Waals surface area (Å²) in [6, 6.07) is 3.75. The number of aliphatic carboxylic acids is 1. The number of ether oxygens (including phenoxy) is 2. The second kappa shape index (κ2) is 2.90. The Bertz CT molecular complexity index is 474. The van der Waals surface area contributed by atoms with Crippen LogP contribution in [0, 0.1) is 6.92 Å². The van der Waals surface area contributed by atoms with Gasteiger partial charge in [-0.1, -0.05) is 12.1 Å². The molecule has 1 aromatic rings. The molecule has 2 aliphatic rings. The van der Waals surface area contributed by atoms with Gasteiger partial charge in [0.1, 0.15) is 0 Å². The van der Waals surface area contributed by atoms with E-state index in [1.807, 2.05) is 19.1 Å². The van der Waals surface area contributed by atoms with Crippen molar-refractivity contribution in [2.45, 2.75) is 25.2 Å². The second-order valence-electron chi connectivity index (χ2n) is 4.38. The summed E-state index contributed by atoms with van der Waals surface area (Å²) in [6.07, 6.45) is 1.36. The quantitative estimate of drug-likeness (QED) is 0.826. The van der Waals surface area contributed by atoms with Crippen LogP contribution < -0.4 is 9.47 Å². The van der Waals surface area contributed by atoms with E-state index in [4.69, 9.17) is 9.47 Å². The van der Waals surface area contributed by atoms with Gasteiger partial charge >= 0.3 is 5.97 Å². The monoisotopic (exact) mass is 220 g/mol. The van der Waals surface area contributed by atoms with E-state index in [-0.39, 0.29) is 6.79 Å². The van der Waals surface area contributed by atoms with Crippen LogP contribution in [0.4, 0.5) is 0 Å². The Morgan fingerprint density at radius 3 is 2.62 bits per heavy atom. The Morgan fingerprint density at radius 2 is 2.00 bits per heavy atom. The van der Waals surface area contributed by atoms with Crippen molar-refractivity contribution in [1.29, 1.82) is 0 Å². The number of aryl methyl sites for hydroxylation is 1. The van der Waals surface area contributed by atoms with Crippen LogP contribution in [-0.4, -0.2) is 17.9 Å². The average Bonchev–Trinajstić information content (AvgIpc) is 2.90. The number of rotatable bonds is 2. The van der Waals surface area contributed by atoms with Crippen molar-refractivity contribution in [3.05, 3.63) is 23.3 Å². The van der Waals surface area contributed by atoms with Crippen LogP contribution in [-0.2, 0) is 10.2 Å². The largest absolute Gasteiger partial charge is 0.481 e. The van der Waals surface area contributed by atoms with Gasteiger partial charge in [-0.2, -0.15) is 0 Å². The zero-order valence-electron chi connectivity index (χ0n) is 8.95. The Kier molecular flexibility index (Phi) is 1.73. The summed E-state index contributed by atoms with van der Waals surface area (Å²) in [4.78, 5) is 11.3. The fourth-order valence-electron chi connectivity index (χ4n) is 2.23. The Labute approximate surface area is 92.8 Å². The van der Waals surface area contributed by atoms with E-state index in [0.29, 0.717) is 24.3 Å². The smallest absolute Gasteiger partial charge is 0.314 e. The molecule has 84 valence electrons. The van der Waals surface area contributed by atoms with Gasteiger partial charge in [0.2, 0.25) is 6.79 Å². The maximum absolute atomic E-state index is 11.3. The van der Waals surface area contributed by atoms with Crippen molar-refractivity contribution >= 4 is 5.97 Å². The zero-order chi connectivity index (χ0) is 11.3. The van der Waals surface area contributed by atoms with Crippen LogP contribution in [0.3, 0.4) is 0 Å². The van der Waals surface area contributed by atoms with Crippen LogP contribution in [0.2, 0.25) is 0 Å². The topological polar surface area (TPSA) is 55.8 Å². The standard InChI is InChI=1S/C12H12O4/c1-7-2-3-8(10-9(7)15-6-16-10)12(4-5-12)11(13)14/h2-3H,4-6H2,1H3,(H,13,14). The lowest BCUT2D eigenvalue weighted by atomic mass is 9.93. The van der Waals surface area contributed by atoms with E-state index in [2.05, 4.69) is 0 Å². The Balaban J connectivity index is 2.16. The van der Waals surface area contributed by atoms with Gasteiger partial charge in [-0.15, -0.1) is 0 Å². The molecule has 16 heavy (non-hydrogen) atoms. The maximum atomic E-state index is 11.3. The first-order valence-electron chi connectivity index (χ1n) is 5.28. The molecule has 1 N–H and O–H groups in total. The summed E-state index contributed by atoms with van der Waals surface area (Å²) in [5, 5.41) is 9.26. The highest BCUT2D eigenvalue weighted by Crippen LogP contribution is 2.55. The molecule has 0 unspecified atom stereocenters. The number of carboxylic acids is 1. The van der Waals surface area contributed by atoms with Gasteiger partial charge in [0.15, 0.2) is 11.5 Å². The predicted molar refractivity (Wildman–Crippen MR) is 55.8 cm³/mol. The molecule has 0 amide bonds. The minimum Gasteiger partial charge on any atom is -0.481 e. The van der Waals surface area contributed by atoms with Gasteiger partial charge in [0.25, 0.3) is 0 Å². The molecular weight excluding hydrogens is 208 g/mol. The first kappa shape index (κ1) is 9.51. The lowest BCUT2D eigenvalue weighted by Gasteiger charge is -2.13. The summed E-state index contributed by atoms with van der Waals surface area (Å²) in [5.74, 6) is 0.555. The molecular formula is C12H12O4. The van der Waals surface area contributed by atoms with Crippen LogP contribution in [0.5, 0.6) is 11.5 Å². The van der Waals surface area contributed by atoms with Gasteiger partial charge in [-0.05, 0) is 25.3 Å². The third-order valence-electron chi connectivity index (χ3n) is 3.39. The highest BCUT2D eigenvalue weighted by molar-refractivity contribution is 5.86. The number of carbonyl (C=O) groups is 1. The van der Waals surface area contributed by atoms with Crippen molar-refractivity contribution < 1.29 is 19.4 Å². The zero-order valence-corrected chi connectivity index (χ0v) is 8.95. The van der Waals surface area contributed by atoms with Crippen molar-refractivity contribution in [2.24, 2.45) is 0 Å². The highest BCUT2D eigenvalue weighted by Gasteiger charge is 2.54. The number of carboxylic acid groups (broad SMARTS) is 1. The molecule has 0 bridgehead atoms. The summed E-state index contributed by atoms with van der Waals surface area (Å²) in [6.45, 7) is 2.11. The molecule has 0 atom stereocenters. The van der Waals surface area contributed by atoms with Crippen molar-refractivity contribution in [1.82, 2.24) is 0 Å². The van der Waals surface area contributed by atoms with E-state index < -0.39 is 11.4 Å². The minimum atomic E-state index is -0.769. The SMILES string of the molecule is Cc1ccc(C2(C(=O)O)CC2)c2c1OCO2. The maximum Gasteiger partial charge on any atom is 0.314 e. The van der Waals surface area contributed by atoms with E-state index in [0.717, 1.165) is 11.1 Å². The van der Waals surface area contributed by atoms with Gasteiger partial charge in [-0.3, -0.25) is 4.79 Å². The van der Waals surface area contributed by atoms with E-state index in [1.54, 1.807) is 0 Å². The second-order valence-corrected chi connectivity index (χ2v) is 4.38. The molecule has 1 aromatic carbocycles. The molecule has 1 fully saturated rings. The molecule has 4 heteroatoms. The molecule has 1 saturated carbocycles. The molecule has 0 radical (unpaired) electrons. The molecule has 4 nitrogen and oxygen atoms in total. The minimum absolute atomic E-state index is 0.183. The molecule has 3 rings (SSSR count).